The van der Waals surface area contributed by atoms with Gasteiger partial charge in [-0.3, -0.25) is 9.59 Å². The maximum absolute atomic E-state index is 12.3. The highest BCUT2D eigenvalue weighted by molar-refractivity contribution is 6.01. The first-order valence-corrected chi connectivity index (χ1v) is 6.22. The van der Waals surface area contributed by atoms with E-state index < -0.39 is 0 Å². The molecule has 1 fully saturated rings. The van der Waals surface area contributed by atoms with Crippen molar-refractivity contribution in [1.82, 2.24) is 10.2 Å². The standard InChI is InChI=1S/C14H14N2O3/c17-13-8-16(6-5-15-13)14(18)11-7-10-3-1-2-4-12(10)19-9-11/h1-4,7H,5-6,8-9H2,(H,15,17). The summed E-state index contributed by atoms with van der Waals surface area (Å²) in [5.74, 6) is 0.553. The van der Waals surface area contributed by atoms with Gasteiger partial charge in [0.15, 0.2) is 0 Å². The van der Waals surface area contributed by atoms with E-state index in [0.717, 1.165) is 11.3 Å². The maximum atomic E-state index is 12.3. The summed E-state index contributed by atoms with van der Waals surface area (Å²) in [6, 6.07) is 7.58. The number of ether oxygens (including phenoxy) is 1. The molecule has 1 aromatic carbocycles. The van der Waals surface area contributed by atoms with Crippen molar-refractivity contribution in [3.05, 3.63) is 35.4 Å². The topological polar surface area (TPSA) is 58.6 Å². The fourth-order valence-electron chi connectivity index (χ4n) is 2.25. The molecular weight excluding hydrogens is 244 g/mol. The first-order valence-electron chi connectivity index (χ1n) is 6.22. The van der Waals surface area contributed by atoms with Crippen LogP contribution in [0.3, 0.4) is 0 Å². The third kappa shape index (κ3) is 2.31. The van der Waals surface area contributed by atoms with E-state index in [-0.39, 0.29) is 25.0 Å². The van der Waals surface area contributed by atoms with Crippen molar-refractivity contribution in [2.75, 3.05) is 26.2 Å². The molecule has 3 rings (SSSR count). The summed E-state index contributed by atoms with van der Waals surface area (Å²) in [4.78, 5) is 25.2. The second kappa shape index (κ2) is 4.76. The lowest BCUT2D eigenvalue weighted by molar-refractivity contribution is -0.135. The predicted octanol–water partition coefficient (Wildman–Crippen LogP) is 0.421. The highest BCUT2D eigenvalue weighted by atomic mass is 16.5. The summed E-state index contributed by atoms with van der Waals surface area (Å²) in [6.45, 7) is 1.44. The molecule has 0 aromatic heterocycles. The van der Waals surface area contributed by atoms with E-state index in [2.05, 4.69) is 5.32 Å². The first-order chi connectivity index (χ1) is 9.24. The monoisotopic (exact) mass is 258 g/mol. The molecule has 5 nitrogen and oxygen atoms in total. The molecule has 0 spiro atoms. The highest BCUT2D eigenvalue weighted by Crippen LogP contribution is 2.26. The second-order valence-electron chi connectivity index (χ2n) is 4.57. The largest absolute Gasteiger partial charge is 0.488 e. The van der Waals surface area contributed by atoms with Crippen LogP contribution in [-0.2, 0) is 9.59 Å². The molecule has 0 aliphatic carbocycles. The number of carbonyl (C=O) groups excluding carboxylic acids is 2. The zero-order valence-electron chi connectivity index (χ0n) is 10.4. The lowest BCUT2D eigenvalue weighted by Gasteiger charge is -2.28. The normalized spacial score (nSPS) is 18.0. The van der Waals surface area contributed by atoms with Crippen LogP contribution in [-0.4, -0.2) is 43.0 Å². The van der Waals surface area contributed by atoms with Crippen LogP contribution >= 0.6 is 0 Å². The summed E-state index contributed by atoms with van der Waals surface area (Å²) < 4.78 is 5.56. The first kappa shape index (κ1) is 11.8. The fourth-order valence-corrected chi connectivity index (χ4v) is 2.25. The van der Waals surface area contributed by atoms with Crippen LogP contribution in [0.25, 0.3) is 6.08 Å². The quantitative estimate of drug-likeness (QED) is 0.794. The molecule has 2 aliphatic heterocycles. The smallest absolute Gasteiger partial charge is 0.253 e. The summed E-state index contributed by atoms with van der Waals surface area (Å²) in [5.41, 5.74) is 1.49. The van der Waals surface area contributed by atoms with E-state index >= 15 is 0 Å². The molecule has 0 bridgehead atoms. The van der Waals surface area contributed by atoms with Crippen molar-refractivity contribution in [1.29, 1.82) is 0 Å². The number of rotatable bonds is 1. The van der Waals surface area contributed by atoms with Crippen LogP contribution in [0.4, 0.5) is 0 Å². The van der Waals surface area contributed by atoms with Gasteiger partial charge in [-0.25, -0.2) is 0 Å². The molecule has 0 unspecified atom stereocenters. The number of fused-ring (bicyclic) bond motifs is 1. The van der Waals surface area contributed by atoms with Gasteiger partial charge in [-0.2, -0.15) is 0 Å². The van der Waals surface area contributed by atoms with E-state index in [4.69, 9.17) is 4.74 Å². The zero-order chi connectivity index (χ0) is 13.2. The lowest BCUT2D eigenvalue weighted by atomic mass is 10.1. The van der Waals surface area contributed by atoms with E-state index in [1.807, 2.05) is 30.3 Å². The number of hydrogen-bond acceptors (Lipinski definition) is 3. The SMILES string of the molecule is O=C1CN(C(=O)C2=Cc3ccccc3OC2)CCN1. The Hall–Kier alpha value is -2.30. The number of hydrogen-bond donors (Lipinski definition) is 1. The Labute approximate surface area is 110 Å². The van der Waals surface area contributed by atoms with Crippen LogP contribution in [0.2, 0.25) is 0 Å². The highest BCUT2D eigenvalue weighted by Gasteiger charge is 2.25. The van der Waals surface area contributed by atoms with Gasteiger partial charge in [0, 0.05) is 18.7 Å². The molecule has 1 N–H and O–H groups in total. The zero-order valence-corrected chi connectivity index (χ0v) is 10.4. The van der Waals surface area contributed by atoms with Gasteiger partial charge in [0.1, 0.15) is 12.4 Å². The number of amides is 2. The predicted molar refractivity (Wildman–Crippen MR) is 69.5 cm³/mol. The molecule has 0 radical (unpaired) electrons. The average Bonchev–Trinajstić information content (AvgIpc) is 2.46. The minimum absolute atomic E-state index is 0.114. The molecule has 2 amide bonds. The summed E-state index contributed by atoms with van der Waals surface area (Å²) >= 11 is 0. The molecule has 0 saturated carbocycles. The number of nitrogens with one attached hydrogen (secondary N) is 1. The number of benzene rings is 1. The van der Waals surface area contributed by atoms with Crippen LogP contribution in [0, 0.1) is 0 Å². The van der Waals surface area contributed by atoms with Crippen molar-refractivity contribution in [3.63, 3.8) is 0 Å². The van der Waals surface area contributed by atoms with Crippen LogP contribution < -0.4 is 10.1 Å². The van der Waals surface area contributed by atoms with Crippen molar-refractivity contribution in [2.24, 2.45) is 0 Å². The minimum atomic E-state index is -0.121. The Morgan fingerprint density at radius 1 is 1.32 bits per heavy atom. The van der Waals surface area contributed by atoms with Crippen molar-refractivity contribution in [2.45, 2.75) is 0 Å². The Morgan fingerprint density at radius 3 is 3.00 bits per heavy atom. The van der Waals surface area contributed by atoms with E-state index in [9.17, 15) is 9.59 Å². The third-order valence-electron chi connectivity index (χ3n) is 3.23. The number of nitrogens with zero attached hydrogens (tertiary/aromatic N) is 1. The molecule has 5 heteroatoms. The summed E-state index contributed by atoms with van der Waals surface area (Å²) in [7, 11) is 0. The molecule has 98 valence electrons. The number of piperazine rings is 1. The molecule has 1 saturated heterocycles. The molecule has 19 heavy (non-hydrogen) atoms. The lowest BCUT2D eigenvalue weighted by Crippen LogP contribution is -2.50. The maximum Gasteiger partial charge on any atom is 0.253 e. The molecule has 0 atom stereocenters. The van der Waals surface area contributed by atoms with E-state index in [0.29, 0.717) is 18.7 Å². The van der Waals surface area contributed by atoms with Crippen LogP contribution in [0.5, 0.6) is 5.75 Å². The minimum Gasteiger partial charge on any atom is -0.488 e. The van der Waals surface area contributed by atoms with Crippen molar-refractivity contribution < 1.29 is 14.3 Å². The van der Waals surface area contributed by atoms with Gasteiger partial charge in [-0.05, 0) is 12.1 Å². The Kier molecular flexibility index (Phi) is 2.95. The molecule has 1 aromatic rings. The van der Waals surface area contributed by atoms with Gasteiger partial charge in [0.2, 0.25) is 5.91 Å². The van der Waals surface area contributed by atoms with Crippen molar-refractivity contribution >= 4 is 17.9 Å². The van der Waals surface area contributed by atoms with Crippen molar-refractivity contribution in [3.8, 4) is 5.75 Å². The third-order valence-corrected chi connectivity index (χ3v) is 3.23. The van der Waals surface area contributed by atoms with Gasteiger partial charge >= 0.3 is 0 Å². The van der Waals surface area contributed by atoms with Crippen LogP contribution in [0.15, 0.2) is 29.8 Å². The molecular formula is C14H14N2O3. The summed E-state index contributed by atoms with van der Waals surface area (Å²) in [6.07, 6.45) is 1.84. The Bertz CT molecular complexity index is 566. The number of para-hydroxylation sites is 1. The van der Waals surface area contributed by atoms with Crippen LogP contribution in [0.1, 0.15) is 5.56 Å². The Morgan fingerprint density at radius 2 is 2.16 bits per heavy atom. The van der Waals surface area contributed by atoms with Gasteiger partial charge in [-0.1, -0.05) is 18.2 Å². The Balaban J connectivity index is 1.81. The molecule has 2 aliphatic rings. The van der Waals surface area contributed by atoms with Gasteiger partial charge < -0.3 is 15.0 Å². The second-order valence-corrected chi connectivity index (χ2v) is 4.57. The average molecular weight is 258 g/mol. The van der Waals surface area contributed by atoms with Gasteiger partial charge in [-0.15, -0.1) is 0 Å². The summed E-state index contributed by atoms with van der Waals surface area (Å²) in [5, 5.41) is 2.70. The van der Waals surface area contributed by atoms with E-state index in [1.165, 1.54) is 0 Å². The van der Waals surface area contributed by atoms with Gasteiger partial charge in [0.25, 0.3) is 5.91 Å². The van der Waals surface area contributed by atoms with Gasteiger partial charge in [0.05, 0.1) is 12.1 Å². The fraction of sp³-hybridized carbons (Fsp3) is 0.286. The number of carbonyl (C=O) groups is 2. The van der Waals surface area contributed by atoms with E-state index in [1.54, 1.807) is 4.90 Å². The molecule has 2 heterocycles.